The monoisotopic (exact) mass is 250 g/mol. The first-order valence-electron chi connectivity index (χ1n) is 5.26. The van der Waals surface area contributed by atoms with Crippen LogP contribution in [0.3, 0.4) is 0 Å². The molecule has 0 atom stereocenters. The number of anilines is 1. The van der Waals surface area contributed by atoms with E-state index in [1.54, 1.807) is 0 Å². The second-order valence-electron chi connectivity index (χ2n) is 3.66. The number of nitrogen functional groups attached to an aromatic ring is 1. The predicted molar refractivity (Wildman–Crippen MR) is 68.2 cm³/mol. The van der Waals surface area contributed by atoms with Crippen LogP contribution in [0.1, 0.15) is 29.3 Å². The molecule has 96 valence electrons. The number of carbonyl (C=O) groups excluding carboxylic acids is 1. The summed E-state index contributed by atoms with van der Waals surface area (Å²) in [4.78, 5) is 21.7. The Bertz CT molecular complexity index is 523. The Morgan fingerprint density at radius 2 is 2.17 bits per heavy atom. The molecular weight excluding hydrogens is 236 g/mol. The van der Waals surface area contributed by atoms with Gasteiger partial charge in [0.1, 0.15) is 5.69 Å². The molecule has 0 unspecified atom stereocenters. The minimum atomic E-state index is -0.650. The summed E-state index contributed by atoms with van der Waals surface area (Å²) in [5, 5.41) is 10.9. The van der Waals surface area contributed by atoms with E-state index < -0.39 is 10.9 Å². The lowest BCUT2D eigenvalue weighted by Crippen LogP contribution is -2.06. The standard InChI is InChI=1S/C12H14N2O4/c1-4-7(2)9-5-8(12(15)18-3)6-10(11(9)13)14(16)17/h5-6H,2,4,13H2,1,3H3. The van der Waals surface area contributed by atoms with Crippen LogP contribution in [0.15, 0.2) is 18.7 Å². The van der Waals surface area contributed by atoms with Crippen LogP contribution in [0.2, 0.25) is 0 Å². The van der Waals surface area contributed by atoms with E-state index in [0.717, 1.165) is 6.07 Å². The maximum atomic E-state index is 11.4. The number of hydrogen-bond acceptors (Lipinski definition) is 5. The molecule has 0 saturated carbocycles. The van der Waals surface area contributed by atoms with Gasteiger partial charge in [-0.25, -0.2) is 4.79 Å². The summed E-state index contributed by atoms with van der Waals surface area (Å²) in [7, 11) is 1.21. The highest BCUT2D eigenvalue weighted by molar-refractivity contribution is 5.94. The number of nitrogens with zero attached hydrogens (tertiary/aromatic N) is 1. The SMILES string of the molecule is C=C(CC)c1cc(C(=O)OC)cc([N+](=O)[O-])c1N. The number of nitrogens with two attached hydrogens (primary N) is 1. The van der Waals surface area contributed by atoms with Gasteiger partial charge in [0.15, 0.2) is 0 Å². The molecule has 0 aliphatic carbocycles. The zero-order chi connectivity index (χ0) is 13.9. The van der Waals surface area contributed by atoms with E-state index in [0.29, 0.717) is 17.6 Å². The molecule has 0 bridgehead atoms. The van der Waals surface area contributed by atoms with Crippen molar-refractivity contribution >= 4 is 22.9 Å². The number of nitro benzene ring substituents is 1. The highest BCUT2D eigenvalue weighted by atomic mass is 16.6. The van der Waals surface area contributed by atoms with E-state index in [2.05, 4.69) is 11.3 Å². The Kier molecular flexibility index (Phi) is 4.04. The molecule has 18 heavy (non-hydrogen) atoms. The van der Waals surface area contributed by atoms with Crippen molar-refractivity contribution in [3.05, 3.63) is 40.0 Å². The number of ether oxygens (including phenoxy) is 1. The molecule has 0 aromatic heterocycles. The molecule has 6 nitrogen and oxygen atoms in total. The van der Waals surface area contributed by atoms with Crippen molar-refractivity contribution in [2.75, 3.05) is 12.8 Å². The quantitative estimate of drug-likeness (QED) is 0.383. The molecule has 0 radical (unpaired) electrons. The molecule has 6 heteroatoms. The fourth-order valence-corrected chi connectivity index (χ4v) is 1.51. The summed E-state index contributed by atoms with van der Waals surface area (Å²) in [6.07, 6.45) is 0.575. The normalized spacial score (nSPS) is 9.89. The summed E-state index contributed by atoms with van der Waals surface area (Å²) < 4.78 is 4.55. The smallest absolute Gasteiger partial charge is 0.338 e. The Balaban J connectivity index is 3.51. The Morgan fingerprint density at radius 3 is 2.61 bits per heavy atom. The third kappa shape index (κ3) is 2.48. The third-order valence-electron chi connectivity index (χ3n) is 2.58. The molecular formula is C12H14N2O4. The van der Waals surface area contributed by atoms with Crippen molar-refractivity contribution in [1.29, 1.82) is 0 Å². The highest BCUT2D eigenvalue weighted by Gasteiger charge is 2.21. The molecule has 2 N–H and O–H groups in total. The predicted octanol–water partition coefficient (Wildman–Crippen LogP) is 2.39. The average Bonchev–Trinajstić information content (AvgIpc) is 2.36. The van der Waals surface area contributed by atoms with E-state index in [1.807, 2.05) is 6.92 Å². The van der Waals surface area contributed by atoms with E-state index >= 15 is 0 Å². The van der Waals surface area contributed by atoms with Gasteiger partial charge in [0, 0.05) is 11.6 Å². The van der Waals surface area contributed by atoms with Gasteiger partial charge in [-0.05, 0) is 18.1 Å². The van der Waals surface area contributed by atoms with Crippen molar-refractivity contribution < 1.29 is 14.5 Å². The maximum Gasteiger partial charge on any atom is 0.338 e. The number of carbonyl (C=O) groups is 1. The summed E-state index contributed by atoms with van der Waals surface area (Å²) in [5.41, 5.74) is 6.53. The van der Waals surface area contributed by atoms with Crippen molar-refractivity contribution in [2.45, 2.75) is 13.3 Å². The number of esters is 1. The first kappa shape index (κ1) is 13.7. The summed E-state index contributed by atoms with van der Waals surface area (Å²) >= 11 is 0. The van der Waals surface area contributed by atoms with Gasteiger partial charge >= 0.3 is 5.97 Å². The Labute approximate surface area is 104 Å². The molecule has 0 aliphatic rings. The van der Waals surface area contributed by atoms with Crippen LogP contribution in [-0.2, 0) is 4.74 Å². The van der Waals surface area contributed by atoms with Crippen LogP contribution in [-0.4, -0.2) is 18.0 Å². The van der Waals surface area contributed by atoms with Crippen LogP contribution in [0.25, 0.3) is 5.57 Å². The van der Waals surface area contributed by atoms with Crippen LogP contribution >= 0.6 is 0 Å². The first-order chi connectivity index (χ1) is 8.42. The molecule has 0 fully saturated rings. The minimum Gasteiger partial charge on any atom is -0.465 e. The number of benzene rings is 1. The largest absolute Gasteiger partial charge is 0.465 e. The van der Waals surface area contributed by atoms with E-state index in [-0.39, 0.29) is 16.9 Å². The van der Waals surface area contributed by atoms with Gasteiger partial charge in [0.05, 0.1) is 17.6 Å². The maximum absolute atomic E-state index is 11.4. The molecule has 0 amide bonds. The fraction of sp³-hybridized carbons (Fsp3) is 0.250. The third-order valence-corrected chi connectivity index (χ3v) is 2.58. The topological polar surface area (TPSA) is 95.5 Å². The van der Waals surface area contributed by atoms with E-state index in [1.165, 1.54) is 13.2 Å². The number of allylic oxidation sites excluding steroid dienone is 1. The van der Waals surface area contributed by atoms with Gasteiger partial charge in [-0.3, -0.25) is 10.1 Å². The second kappa shape index (κ2) is 5.31. The molecule has 0 saturated heterocycles. The van der Waals surface area contributed by atoms with Gasteiger partial charge in [0.25, 0.3) is 5.69 Å². The molecule has 1 rings (SSSR count). The zero-order valence-corrected chi connectivity index (χ0v) is 10.2. The summed E-state index contributed by atoms with van der Waals surface area (Å²) in [6.45, 7) is 5.62. The molecule has 1 aromatic carbocycles. The molecule has 0 spiro atoms. The van der Waals surface area contributed by atoms with Crippen LogP contribution in [0, 0.1) is 10.1 Å². The summed E-state index contributed by atoms with van der Waals surface area (Å²) in [6, 6.07) is 2.56. The minimum absolute atomic E-state index is 0.0134. The van der Waals surface area contributed by atoms with Crippen LogP contribution < -0.4 is 5.73 Å². The highest BCUT2D eigenvalue weighted by Crippen LogP contribution is 2.32. The lowest BCUT2D eigenvalue weighted by molar-refractivity contribution is -0.383. The van der Waals surface area contributed by atoms with Crippen molar-refractivity contribution in [2.24, 2.45) is 0 Å². The van der Waals surface area contributed by atoms with Gasteiger partial charge in [0.2, 0.25) is 0 Å². The lowest BCUT2D eigenvalue weighted by atomic mass is 9.99. The van der Waals surface area contributed by atoms with Crippen molar-refractivity contribution in [3.63, 3.8) is 0 Å². The van der Waals surface area contributed by atoms with Crippen LogP contribution in [0.4, 0.5) is 11.4 Å². The van der Waals surface area contributed by atoms with E-state index in [4.69, 9.17) is 5.73 Å². The van der Waals surface area contributed by atoms with Crippen molar-refractivity contribution in [3.8, 4) is 0 Å². The second-order valence-corrected chi connectivity index (χ2v) is 3.66. The average molecular weight is 250 g/mol. The zero-order valence-electron chi connectivity index (χ0n) is 10.2. The lowest BCUT2D eigenvalue weighted by Gasteiger charge is -2.09. The van der Waals surface area contributed by atoms with Gasteiger partial charge in [-0.15, -0.1) is 0 Å². The Hall–Kier alpha value is -2.37. The van der Waals surface area contributed by atoms with Crippen molar-refractivity contribution in [1.82, 2.24) is 0 Å². The number of nitro groups is 1. The van der Waals surface area contributed by atoms with Gasteiger partial charge in [-0.2, -0.15) is 0 Å². The van der Waals surface area contributed by atoms with Gasteiger partial charge in [-0.1, -0.05) is 13.5 Å². The Morgan fingerprint density at radius 1 is 1.56 bits per heavy atom. The van der Waals surface area contributed by atoms with E-state index in [9.17, 15) is 14.9 Å². The number of rotatable bonds is 4. The first-order valence-corrected chi connectivity index (χ1v) is 5.26. The summed E-state index contributed by atoms with van der Waals surface area (Å²) in [5.74, 6) is -0.650. The fourth-order valence-electron chi connectivity index (χ4n) is 1.51. The number of hydrogen-bond donors (Lipinski definition) is 1. The van der Waals surface area contributed by atoms with Crippen LogP contribution in [0.5, 0.6) is 0 Å². The molecule has 1 aromatic rings. The van der Waals surface area contributed by atoms with Gasteiger partial charge < -0.3 is 10.5 Å². The number of methoxy groups -OCH3 is 1. The molecule has 0 aliphatic heterocycles. The molecule has 0 heterocycles.